The molecule has 3 heteroatoms. The SMILES string of the molecule is CCCCCC=CCC=CCC=CCC=CCCCCOOC(=O)CC(C)(C)C. The molecule has 0 unspecified atom stereocenters. The summed E-state index contributed by atoms with van der Waals surface area (Å²) in [6, 6.07) is 0. The van der Waals surface area contributed by atoms with Gasteiger partial charge in [0.25, 0.3) is 0 Å². The van der Waals surface area contributed by atoms with E-state index in [0.29, 0.717) is 13.0 Å². The highest BCUT2D eigenvalue weighted by Gasteiger charge is 2.17. The van der Waals surface area contributed by atoms with Crippen molar-refractivity contribution in [2.45, 2.75) is 98.3 Å². The number of unbranched alkanes of at least 4 members (excludes halogenated alkanes) is 5. The molecule has 0 saturated carbocycles. The van der Waals surface area contributed by atoms with Crippen LogP contribution in [0, 0.1) is 5.41 Å². The second-order valence-electron chi connectivity index (χ2n) is 8.60. The molecule has 0 spiro atoms. The third-order valence-electron chi connectivity index (χ3n) is 4.13. The Morgan fingerprint density at radius 2 is 1.21 bits per heavy atom. The predicted octanol–water partition coefficient (Wildman–Crippen LogP) is 8.04. The van der Waals surface area contributed by atoms with Crippen molar-refractivity contribution in [2.75, 3.05) is 6.61 Å². The fourth-order valence-corrected chi connectivity index (χ4v) is 2.55. The lowest BCUT2D eigenvalue weighted by Crippen LogP contribution is -2.15. The van der Waals surface area contributed by atoms with E-state index in [2.05, 4.69) is 55.5 Å². The van der Waals surface area contributed by atoms with Gasteiger partial charge < -0.3 is 0 Å². The maximum atomic E-state index is 11.5. The average molecular weight is 405 g/mol. The number of allylic oxidation sites excluding steroid dienone is 8. The maximum Gasteiger partial charge on any atom is 0.342 e. The Hall–Kier alpha value is -1.61. The molecule has 0 amide bonds. The van der Waals surface area contributed by atoms with Crippen LogP contribution in [0.25, 0.3) is 0 Å². The molecule has 0 aromatic rings. The molecule has 0 heterocycles. The summed E-state index contributed by atoms with van der Waals surface area (Å²) in [5, 5.41) is 0. The van der Waals surface area contributed by atoms with Gasteiger partial charge in [0.05, 0.1) is 13.0 Å². The summed E-state index contributed by atoms with van der Waals surface area (Å²) in [6.07, 6.45) is 29.3. The van der Waals surface area contributed by atoms with E-state index in [1.807, 2.05) is 20.8 Å². The van der Waals surface area contributed by atoms with E-state index in [9.17, 15) is 4.79 Å². The zero-order valence-electron chi connectivity index (χ0n) is 19.3. The average Bonchev–Trinajstić information content (AvgIpc) is 2.65. The molecule has 0 saturated heterocycles. The van der Waals surface area contributed by atoms with E-state index < -0.39 is 0 Å². The summed E-state index contributed by atoms with van der Waals surface area (Å²) in [4.78, 5) is 21.2. The van der Waals surface area contributed by atoms with E-state index in [1.54, 1.807) is 0 Å². The van der Waals surface area contributed by atoms with Crippen molar-refractivity contribution in [3.8, 4) is 0 Å². The quantitative estimate of drug-likeness (QED) is 0.106. The molecule has 0 aromatic heterocycles. The first-order chi connectivity index (χ1) is 14.0. The zero-order valence-corrected chi connectivity index (χ0v) is 19.3. The highest BCUT2D eigenvalue weighted by atomic mass is 17.2. The number of hydrogen-bond donors (Lipinski definition) is 0. The van der Waals surface area contributed by atoms with Gasteiger partial charge in [-0.05, 0) is 56.8 Å². The van der Waals surface area contributed by atoms with E-state index in [0.717, 1.165) is 38.5 Å². The molecule has 0 aliphatic rings. The molecule has 0 aliphatic carbocycles. The third kappa shape index (κ3) is 24.4. The van der Waals surface area contributed by atoms with Crippen molar-refractivity contribution in [3.05, 3.63) is 48.6 Å². The van der Waals surface area contributed by atoms with Gasteiger partial charge in [-0.15, -0.1) is 0 Å². The minimum atomic E-state index is -0.294. The zero-order chi connectivity index (χ0) is 21.6. The normalized spacial score (nSPS) is 12.8. The lowest BCUT2D eigenvalue weighted by Gasteiger charge is -2.15. The monoisotopic (exact) mass is 404 g/mol. The molecule has 0 radical (unpaired) electrons. The smallest absolute Gasteiger partial charge is 0.298 e. The molecule has 0 atom stereocenters. The van der Waals surface area contributed by atoms with E-state index in [1.165, 1.54) is 25.7 Å². The molecule has 0 N–H and O–H groups in total. The van der Waals surface area contributed by atoms with Crippen LogP contribution in [0.2, 0.25) is 0 Å². The van der Waals surface area contributed by atoms with Gasteiger partial charge in [-0.25, -0.2) is 4.79 Å². The Kier molecular flexibility index (Phi) is 18.6. The molecule has 29 heavy (non-hydrogen) atoms. The van der Waals surface area contributed by atoms with Crippen molar-refractivity contribution in [1.29, 1.82) is 0 Å². The molecule has 0 aliphatic heterocycles. The van der Waals surface area contributed by atoms with Gasteiger partial charge in [-0.2, -0.15) is 4.89 Å². The van der Waals surface area contributed by atoms with Crippen LogP contribution in [0.15, 0.2) is 48.6 Å². The summed E-state index contributed by atoms with van der Waals surface area (Å²) in [5.74, 6) is -0.294. The van der Waals surface area contributed by atoms with Gasteiger partial charge in [-0.3, -0.25) is 4.89 Å². The number of carbonyl (C=O) groups is 1. The van der Waals surface area contributed by atoms with Crippen LogP contribution < -0.4 is 0 Å². The predicted molar refractivity (Wildman–Crippen MR) is 125 cm³/mol. The standard InChI is InChI=1S/C26H44O3/c1-5-6-7-8-9-10-11-12-13-14-15-16-17-18-19-20-21-22-23-28-29-25(27)24-26(2,3)4/h9-10,12-13,15-16,18-19H,5-8,11,14,17,20-24H2,1-4H3. The van der Waals surface area contributed by atoms with Gasteiger partial charge in [0, 0.05) is 0 Å². The third-order valence-corrected chi connectivity index (χ3v) is 4.13. The minimum absolute atomic E-state index is 0.0686. The fourth-order valence-electron chi connectivity index (χ4n) is 2.55. The lowest BCUT2D eigenvalue weighted by molar-refractivity contribution is -0.274. The van der Waals surface area contributed by atoms with Crippen molar-refractivity contribution >= 4 is 5.97 Å². The van der Waals surface area contributed by atoms with Crippen molar-refractivity contribution in [1.82, 2.24) is 0 Å². The van der Waals surface area contributed by atoms with Crippen LogP contribution in [-0.4, -0.2) is 12.6 Å². The molecular formula is C26H44O3. The molecule has 0 rings (SSSR count). The fraction of sp³-hybridized carbons (Fsp3) is 0.654. The first kappa shape index (κ1) is 27.4. The Morgan fingerprint density at radius 3 is 1.69 bits per heavy atom. The summed E-state index contributed by atoms with van der Waals surface area (Å²) in [6.45, 7) is 8.71. The summed E-state index contributed by atoms with van der Waals surface area (Å²) >= 11 is 0. The topological polar surface area (TPSA) is 35.5 Å². The van der Waals surface area contributed by atoms with Gasteiger partial charge in [-0.1, -0.05) is 89.1 Å². The molecule has 0 bridgehead atoms. The number of rotatable bonds is 17. The van der Waals surface area contributed by atoms with Gasteiger partial charge in [0.1, 0.15) is 0 Å². The summed E-state index contributed by atoms with van der Waals surface area (Å²) in [5.41, 5.74) is -0.0686. The van der Waals surface area contributed by atoms with Crippen LogP contribution in [0.3, 0.4) is 0 Å². The van der Waals surface area contributed by atoms with Crippen LogP contribution in [0.5, 0.6) is 0 Å². The Bertz CT molecular complexity index is 493. The number of carbonyl (C=O) groups excluding carboxylic acids is 1. The van der Waals surface area contributed by atoms with Crippen LogP contribution in [0.4, 0.5) is 0 Å². The molecule has 0 fully saturated rings. The second-order valence-corrected chi connectivity index (χ2v) is 8.60. The maximum absolute atomic E-state index is 11.5. The van der Waals surface area contributed by atoms with Crippen LogP contribution >= 0.6 is 0 Å². The number of hydrogen-bond acceptors (Lipinski definition) is 3. The lowest BCUT2D eigenvalue weighted by atomic mass is 9.93. The molecule has 0 aromatic carbocycles. The second kappa shape index (κ2) is 19.7. The van der Waals surface area contributed by atoms with Crippen molar-refractivity contribution in [3.63, 3.8) is 0 Å². The first-order valence-electron chi connectivity index (χ1n) is 11.4. The van der Waals surface area contributed by atoms with Gasteiger partial charge >= 0.3 is 5.97 Å². The highest BCUT2D eigenvalue weighted by molar-refractivity contribution is 5.69. The largest absolute Gasteiger partial charge is 0.342 e. The van der Waals surface area contributed by atoms with Gasteiger partial charge in [0.15, 0.2) is 0 Å². The Morgan fingerprint density at radius 1 is 0.724 bits per heavy atom. The molecule has 166 valence electrons. The highest BCUT2D eigenvalue weighted by Crippen LogP contribution is 2.18. The van der Waals surface area contributed by atoms with E-state index in [-0.39, 0.29) is 11.4 Å². The minimum Gasteiger partial charge on any atom is -0.298 e. The summed E-state index contributed by atoms with van der Waals surface area (Å²) < 4.78 is 0. The Balaban J connectivity index is 3.45. The van der Waals surface area contributed by atoms with Crippen molar-refractivity contribution < 1.29 is 14.6 Å². The van der Waals surface area contributed by atoms with E-state index >= 15 is 0 Å². The summed E-state index contributed by atoms with van der Waals surface area (Å²) in [7, 11) is 0. The first-order valence-corrected chi connectivity index (χ1v) is 11.4. The van der Waals surface area contributed by atoms with Gasteiger partial charge in [0.2, 0.25) is 0 Å². The van der Waals surface area contributed by atoms with Crippen molar-refractivity contribution in [2.24, 2.45) is 5.41 Å². The van der Waals surface area contributed by atoms with Crippen LogP contribution in [0.1, 0.15) is 98.3 Å². The van der Waals surface area contributed by atoms with E-state index in [4.69, 9.17) is 9.78 Å². The molecular weight excluding hydrogens is 360 g/mol. The van der Waals surface area contributed by atoms with Crippen LogP contribution in [-0.2, 0) is 14.6 Å². The Labute approximate surface area is 179 Å². The molecule has 3 nitrogen and oxygen atoms in total.